The Kier molecular flexibility index (Phi) is 2.79. The van der Waals surface area contributed by atoms with Gasteiger partial charge in [0.25, 0.3) is 0 Å². The monoisotopic (exact) mass is 246 g/mol. The normalized spacial score (nSPS) is 35.3. The highest BCUT2D eigenvalue weighted by Gasteiger charge is 2.63. The van der Waals surface area contributed by atoms with Gasteiger partial charge in [-0.25, -0.2) is 0 Å². The first-order valence-electron chi connectivity index (χ1n) is 8.87. The average molecular weight is 246 g/mol. The van der Waals surface area contributed by atoms with Gasteiger partial charge < -0.3 is 0 Å². The summed E-state index contributed by atoms with van der Waals surface area (Å²) >= 11 is 0. The van der Waals surface area contributed by atoms with Gasteiger partial charge in [0.05, 0.1) is 0 Å². The third kappa shape index (κ3) is 1.50. The molecule has 18 heavy (non-hydrogen) atoms. The molecule has 0 heteroatoms. The van der Waals surface area contributed by atoms with Gasteiger partial charge in [-0.2, -0.15) is 0 Å². The quantitative estimate of drug-likeness (QED) is 0.598. The molecule has 4 saturated carbocycles. The zero-order valence-corrected chi connectivity index (χ0v) is 12.1. The smallest absolute Gasteiger partial charge is 0.0210 e. The predicted molar refractivity (Wildman–Crippen MR) is 76.5 cm³/mol. The van der Waals surface area contributed by atoms with Crippen LogP contribution in [0, 0.1) is 22.7 Å². The molecule has 0 nitrogen and oxygen atoms in total. The molecule has 0 amide bonds. The first kappa shape index (κ1) is 11.8. The molecule has 102 valence electrons. The Labute approximate surface area is 113 Å². The van der Waals surface area contributed by atoms with Crippen LogP contribution in [0.2, 0.25) is 0 Å². The lowest BCUT2D eigenvalue weighted by molar-refractivity contribution is -0.106. The maximum absolute atomic E-state index is 1.62. The summed E-state index contributed by atoms with van der Waals surface area (Å²) in [5.41, 5.74) is 1.71. The predicted octanol–water partition coefficient (Wildman–Crippen LogP) is 5.71. The van der Waals surface area contributed by atoms with E-state index in [1.54, 1.807) is 83.5 Å². The summed E-state index contributed by atoms with van der Waals surface area (Å²) in [5.74, 6) is 2.31. The summed E-state index contributed by atoms with van der Waals surface area (Å²) in [6.07, 6.45) is 22.2. The van der Waals surface area contributed by atoms with Crippen molar-refractivity contribution in [2.45, 2.75) is 89.9 Å². The first-order chi connectivity index (χ1) is 8.87. The summed E-state index contributed by atoms with van der Waals surface area (Å²) in [6, 6.07) is 0. The zero-order chi connectivity index (χ0) is 12.1. The third-order valence-electron chi connectivity index (χ3n) is 7.48. The van der Waals surface area contributed by atoms with Crippen LogP contribution in [-0.4, -0.2) is 0 Å². The van der Waals surface area contributed by atoms with Gasteiger partial charge in [-0.3, -0.25) is 0 Å². The molecule has 0 heterocycles. The first-order valence-corrected chi connectivity index (χ1v) is 8.87. The average Bonchev–Trinajstić information content (AvgIpc) is 3.07. The molecule has 0 bridgehead atoms. The fraction of sp³-hybridized carbons (Fsp3) is 1.00. The van der Waals surface area contributed by atoms with Crippen LogP contribution < -0.4 is 0 Å². The molecule has 0 spiro atoms. The Balaban J connectivity index is 1.66. The van der Waals surface area contributed by atoms with Crippen molar-refractivity contribution in [3.8, 4) is 0 Å². The van der Waals surface area contributed by atoms with Crippen molar-refractivity contribution in [2.75, 3.05) is 0 Å². The van der Waals surface area contributed by atoms with Gasteiger partial charge in [0, 0.05) is 0 Å². The van der Waals surface area contributed by atoms with E-state index >= 15 is 0 Å². The Bertz CT molecular complexity index is 296. The fourth-order valence-electron chi connectivity index (χ4n) is 6.48. The Morgan fingerprint density at radius 2 is 0.944 bits per heavy atom. The van der Waals surface area contributed by atoms with Crippen molar-refractivity contribution in [1.29, 1.82) is 0 Å². The van der Waals surface area contributed by atoms with Crippen molar-refractivity contribution >= 4 is 0 Å². The van der Waals surface area contributed by atoms with Crippen LogP contribution in [-0.2, 0) is 0 Å². The molecular formula is C18H30. The second kappa shape index (κ2) is 4.25. The maximum Gasteiger partial charge on any atom is -0.0210 e. The molecule has 4 fully saturated rings. The van der Waals surface area contributed by atoms with Gasteiger partial charge >= 0.3 is 0 Å². The van der Waals surface area contributed by atoms with E-state index in [9.17, 15) is 0 Å². The largest absolute Gasteiger partial charge is 0.0533 e. The van der Waals surface area contributed by atoms with Gasteiger partial charge in [0.2, 0.25) is 0 Å². The summed E-state index contributed by atoms with van der Waals surface area (Å²) in [4.78, 5) is 0. The van der Waals surface area contributed by atoms with Crippen LogP contribution in [0.4, 0.5) is 0 Å². The number of rotatable bonds is 3. The van der Waals surface area contributed by atoms with Crippen molar-refractivity contribution in [3.05, 3.63) is 0 Å². The number of hydrogen-bond donors (Lipinski definition) is 0. The van der Waals surface area contributed by atoms with E-state index in [1.807, 2.05) is 0 Å². The van der Waals surface area contributed by atoms with Crippen molar-refractivity contribution in [3.63, 3.8) is 0 Å². The molecule has 0 aromatic rings. The molecule has 0 radical (unpaired) electrons. The summed E-state index contributed by atoms with van der Waals surface area (Å²) in [7, 11) is 0. The second-order valence-corrected chi connectivity index (χ2v) is 7.98. The standard InChI is InChI=1S/C18H30/c1-2-7-15(8-3-1)17(11-4-5-12-17)18(13-6-14-18)16-9-10-16/h15-16H,1-14H2. The van der Waals surface area contributed by atoms with Crippen LogP contribution >= 0.6 is 0 Å². The molecule has 4 aliphatic rings. The molecule has 4 aliphatic carbocycles. The summed E-state index contributed by atoms with van der Waals surface area (Å²) < 4.78 is 0. The molecule has 0 N–H and O–H groups in total. The van der Waals surface area contributed by atoms with E-state index in [-0.39, 0.29) is 0 Å². The van der Waals surface area contributed by atoms with Crippen LogP contribution in [0.5, 0.6) is 0 Å². The zero-order valence-electron chi connectivity index (χ0n) is 12.1. The lowest BCUT2D eigenvalue weighted by Gasteiger charge is -2.60. The van der Waals surface area contributed by atoms with Gasteiger partial charge in [0.1, 0.15) is 0 Å². The van der Waals surface area contributed by atoms with E-state index in [1.165, 1.54) is 12.3 Å². The van der Waals surface area contributed by atoms with E-state index < -0.39 is 0 Å². The lowest BCUT2D eigenvalue weighted by atomic mass is 9.45. The van der Waals surface area contributed by atoms with E-state index in [4.69, 9.17) is 0 Å². The van der Waals surface area contributed by atoms with Gasteiger partial charge in [-0.15, -0.1) is 0 Å². The van der Waals surface area contributed by atoms with Crippen LogP contribution in [0.3, 0.4) is 0 Å². The molecular weight excluding hydrogens is 216 g/mol. The minimum absolute atomic E-state index is 0.840. The fourth-order valence-corrected chi connectivity index (χ4v) is 6.48. The second-order valence-electron chi connectivity index (χ2n) is 7.98. The molecule has 0 aromatic heterocycles. The van der Waals surface area contributed by atoms with Crippen molar-refractivity contribution in [1.82, 2.24) is 0 Å². The summed E-state index contributed by atoms with van der Waals surface area (Å²) in [5, 5.41) is 0. The third-order valence-corrected chi connectivity index (χ3v) is 7.48. The van der Waals surface area contributed by atoms with E-state index in [2.05, 4.69) is 0 Å². The number of hydrogen-bond acceptors (Lipinski definition) is 0. The van der Waals surface area contributed by atoms with Crippen LogP contribution in [0.1, 0.15) is 89.9 Å². The minimum Gasteiger partial charge on any atom is -0.0533 e. The molecule has 0 atom stereocenters. The Morgan fingerprint density at radius 1 is 0.444 bits per heavy atom. The molecule has 0 aliphatic heterocycles. The van der Waals surface area contributed by atoms with Crippen molar-refractivity contribution < 1.29 is 0 Å². The minimum atomic E-state index is 0.840. The van der Waals surface area contributed by atoms with Crippen molar-refractivity contribution in [2.24, 2.45) is 22.7 Å². The van der Waals surface area contributed by atoms with Crippen LogP contribution in [0.25, 0.3) is 0 Å². The molecule has 0 saturated heterocycles. The summed E-state index contributed by atoms with van der Waals surface area (Å²) in [6.45, 7) is 0. The highest BCUT2D eigenvalue weighted by molar-refractivity contribution is 5.13. The highest BCUT2D eigenvalue weighted by atomic mass is 14.7. The SMILES string of the molecule is C1CCC(C2(C3(C4CC4)CCC3)CCCC2)CC1. The topological polar surface area (TPSA) is 0 Å². The van der Waals surface area contributed by atoms with Gasteiger partial charge in [0.15, 0.2) is 0 Å². The van der Waals surface area contributed by atoms with Gasteiger partial charge in [-0.05, 0) is 74.0 Å². The van der Waals surface area contributed by atoms with Crippen LogP contribution in [0.15, 0.2) is 0 Å². The Hall–Kier alpha value is 0. The van der Waals surface area contributed by atoms with E-state index in [0.29, 0.717) is 0 Å². The van der Waals surface area contributed by atoms with Gasteiger partial charge in [-0.1, -0.05) is 38.5 Å². The molecule has 0 unspecified atom stereocenters. The molecule has 0 aromatic carbocycles. The van der Waals surface area contributed by atoms with E-state index in [0.717, 1.165) is 16.7 Å². The molecule has 4 rings (SSSR count). The maximum atomic E-state index is 1.62. The lowest BCUT2D eigenvalue weighted by Crippen LogP contribution is -2.51. The highest BCUT2D eigenvalue weighted by Crippen LogP contribution is 2.73. The Morgan fingerprint density at radius 3 is 1.39 bits per heavy atom.